The summed E-state index contributed by atoms with van der Waals surface area (Å²) in [5, 5.41) is 9.48. The van der Waals surface area contributed by atoms with E-state index in [2.05, 4.69) is 25.7 Å². The van der Waals surface area contributed by atoms with Gasteiger partial charge in [0.2, 0.25) is 11.8 Å². The van der Waals surface area contributed by atoms with Gasteiger partial charge in [0.05, 0.1) is 11.1 Å². The molecule has 0 saturated carbocycles. The molecule has 3 heterocycles. The number of rotatable bonds is 5. The van der Waals surface area contributed by atoms with Crippen LogP contribution in [0.4, 0.5) is 33.6 Å². The molecule has 1 aliphatic rings. The number of nitrogens with zero attached hydrogens (tertiary/aromatic N) is 4. The quantitative estimate of drug-likeness (QED) is 0.352. The van der Waals surface area contributed by atoms with Crippen LogP contribution in [0.2, 0.25) is 5.02 Å². The number of halogens is 6. The molecule has 2 aromatic heterocycles. The Morgan fingerprint density at radius 3 is 2.57 bits per heavy atom. The van der Waals surface area contributed by atoms with Crippen LogP contribution in [0.15, 0.2) is 18.2 Å². The summed E-state index contributed by atoms with van der Waals surface area (Å²) in [6.45, 7) is 0.550. The number of alkyl halides is 5. The summed E-state index contributed by atoms with van der Waals surface area (Å²) in [6, 6.07) is 4.28. The standard InChI is InChI=1S/C20H17ClF5N7O2/c1-18(16(34)28-2)11-13(27)29-15(30-14(11)31-17(18)35)12-9-4-3-8(21)7-10(9)33(32-12)6-5-19(22,23)20(24,25)26/h3-4,7H,5-6H2,1-2H3,(H,28,34)(H3,27,29,30,31,35). The van der Waals surface area contributed by atoms with Gasteiger partial charge in [0.25, 0.3) is 0 Å². The monoisotopic (exact) mass is 517 g/mol. The number of anilines is 2. The number of amides is 2. The summed E-state index contributed by atoms with van der Waals surface area (Å²) in [5.74, 6) is -6.68. The fourth-order valence-corrected chi connectivity index (χ4v) is 4.02. The third-order valence-corrected chi connectivity index (χ3v) is 6.02. The molecule has 0 spiro atoms. The van der Waals surface area contributed by atoms with Crippen molar-refractivity contribution in [3.8, 4) is 11.5 Å². The third kappa shape index (κ3) is 3.81. The van der Waals surface area contributed by atoms with Gasteiger partial charge >= 0.3 is 12.1 Å². The van der Waals surface area contributed by atoms with Crippen molar-refractivity contribution >= 4 is 46.0 Å². The van der Waals surface area contributed by atoms with E-state index in [0.717, 1.165) is 4.68 Å². The number of aromatic nitrogens is 4. The van der Waals surface area contributed by atoms with Gasteiger partial charge in [-0.2, -0.15) is 27.1 Å². The number of nitrogens with two attached hydrogens (primary N) is 1. The second-order valence-electron chi connectivity index (χ2n) is 8.00. The lowest BCUT2D eigenvalue weighted by molar-refractivity contribution is -0.285. The molecule has 1 unspecified atom stereocenters. The molecule has 4 N–H and O–H groups in total. The average Bonchev–Trinajstić information content (AvgIpc) is 3.25. The largest absolute Gasteiger partial charge is 0.453 e. The maximum atomic E-state index is 13.5. The molecule has 0 bridgehead atoms. The number of carbonyl (C=O) groups is 2. The lowest BCUT2D eigenvalue weighted by Crippen LogP contribution is -2.46. The van der Waals surface area contributed by atoms with Crippen molar-refractivity contribution in [1.82, 2.24) is 25.1 Å². The molecule has 2 amide bonds. The van der Waals surface area contributed by atoms with E-state index in [9.17, 15) is 31.5 Å². The van der Waals surface area contributed by atoms with E-state index in [1.807, 2.05) is 0 Å². The van der Waals surface area contributed by atoms with Gasteiger partial charge in [-0.3, -0.25) is 14.3 Å². The van der Waals surface area contributed by atoms with Crippen LogP contribution in [-0.2, 0) is 21.5 Å². The Bertz CT molecular complexity index is 1370. The molecule has 1 atom stereocenters. The minimum atomic E-state index is -5.72. The van der Waals surface area contributed by atoms with Gasteiger partial charge in [0.15, 0.2) is 11.2 Å². The van der Waals surface area contributed by atoms with Gasteiger partial charge in [-0.05, 0) is 25.1 Å². The van der Waals surface area contributed by atoms with Crippen LogP contribution < -0.4 is 16.4 Å². The predicted molar refractivity (Wildman–Crippen MR) is 116 cm³/mol. The normalized spacial score (nSPS) is 18.0. The van der Waals surface area contributed by atoms with Crippen LogP contribution in [0.1, 0.15) is 18.9 Å². The van der Waals surface area contributed by atoms with E-state index in [0.29, 0.717) is 5.39 Å². The molecule has 35 heavy (non-hydrogen) atoms. The number of nitrogen functional groups attached to an aromatic ring is 1. The van der Waals surface area contributed by atoms with Crippen LogP contribution in [-0.4, -0.2) is 50.7 Å². The lowest BCUT2D eigenvalue weighted by atomic mass is 9.83. The molecule has 3 aromatic rings. The van der Waals surface area contributed by atoms with Crippen LogP contribution in [0.5, 0.6) is 0 Å². The fourth-order valence-electron chi connectivity index (χ4n) is 3.85. The zero-order valence-corrected chi connectivity index (χ0v) is 18.9. The zero-order chi connectivity index (χ0) is 25.9. The predicted octanol–water partition coefficient (Wildman–Crippen LogP) is 3.27. The highest BCUT2D eigenvalue weighted by Crippen LogP contribution is 2.42. The Morgan fingerprint density at radius 2 is 1.94 bits per heavy atom. The highest BCUT2D eigenvalue weighted by molar-refractivity contribution is 6.31. The van der Waals surface area contributed by atoms with Gasteiger partial charge in [-0.25, -0.2) is 9.97 Å². The maximum Gasteiger partial charge on any atom is 0.453 e. The number of aryl methyl sites for hydroxylation is 1. The number of benzene rings is 1. The molecule has 0 fully saturated rings. The number of nitrogens with one attached hydrogen (secondary N) is 2. The molecule has 4 rings (SSSR count). The van der Waals surface area contributed by atoms with Gasteiger partial charge < -0.3 is 16.4 Å². The Kier molecular flexibility index (Phi) is 5.62. The van der Waals surface area contributed by atoms with Gasteiger partial charge in [0.1, 0.15) is 17.3 Å². The number of carbonyl (C=O) groups excluding carboxylic acids is 2. The van der Waals surface area contributed by atoms with Crippen molar-refractivity contribution in [3.05, 3.63) is 28.8 Å². The molecule has 0 aliphatic carbocycles. The summed E-state index contributed by atoms with van der Waals surface area (Å²) in [4.78, 5) is 33.4. The van der Waals surface area contributed by atoms with Crippen LogP contribution in [0, 0.1) is 0 Å². The van der Waals surface area contributed by atoms with E-state index >= 15 is 0 Å². The highest BCUT2D eigenvalue weighted by Gasteiger charge is 2.57. The summed E-state index contributed by atoms with van der Waals surface area (Å²) in [6.07, 6.45) is -7.28. The minimum absolute atomic E-state index is 0.00397. The SMILES string of the molecule is CNC(=O)C1(C)C(=O)Nc2nc(-c3nn(CCC(F)(F)C(F)(F)F)c4cc(Cl)ccc34)nc(N)c21. The topological polar surface area (TPSA) is 128 Å². The zero-order valence-electron chi connectivity index (χ0n) is 18.1. The molecule has 186 valence electrons. The first-order valence-electron chi connectivity index (χ1n) is 10.0. The molecular formula is C20H17ClF5N7O2. The smallest absolute Gasteiger partial charge is 0.383 e. The molecule has 1 aromatic carbocycles. The van der Waals surface area contributed by atoms with Crippen LogP contribution in [0.25, 0.3) is 22.4 Å². The number of hydrogen-bond donors (Lipinski definition) is 3. The summed E-state index contributed by atoms with van der Waals surface area (Å²) < 4.78 is 65.9. The molecule has 15 heteroatoms. The van der Waals surface area contributed by atoms with Crippen molar-refractivity contribution in [2.75, 3.05) is 18.1 Å². The Hall–Kier alpha value is -3.55. The number of fused-ring (bicyclic) bond motifs is 2. The van der Waals surface area contributed by atoms with E-state index in [1.165, 1.54) is 32.2 Å². The minimum Gasteiger partial charge on any atom is -0.383 e. The van der Waals surface area contributed by atoms with E-state index < -0.39 is 42.3 Å². The van der Waals surface area contributed by atoms with Gasteiger partial charge in [-0.1, -0.05) is 11.6 Å². The maximum absolute atomic E-state index is 13.5. The van der Waals surface area contributed by atoms with Crippen molar-refractivity contribution in [3.63, 3.8) is 0 Å². The van der Waals surface area contributed by atoms with Crippen LogP contribution >= 0.6 is 11.6 Å². The highest BCUT2D eigenvalue weighted by atomic mass is 35.5. The molecule has 0 saturated heterocycles. The Balaban J connectivity index is 1.82. The molecule has 9 nitrogen and oxygen atoms in total. The molecular weight excluding hydrogens is 501 g/mol. The Labute approximate surface area is 198 Å². The lowest BCUT2D eigenvalue weighted by Gasteiger charge is -2.20. The third-order valence-electron chi connectivity index (χ3n) is 5.78. The second-order valence-corrected chi connectivity index (χ2v) is 8.44. The average molecular weight is 518 g/mol. The Morgan fingerprint density at radius 1 is 1.26 bits per heavy atom. The first kappa shape index (κ1) is 24.6. The second kappa shape index (κ2) is 8.00. The van der Waals surface area contributed by atoms with E-state index in [1.54, 1.807) is 0 Å². The van der Waals surface area contributed by atoms with Crippen LogP contribution in [0.3, 0.4) is 0 Å². The number of hydrogen-bond acceptors (Lipinski definition) is 6. The molecule has 1 aliphatic heterocycles. The summed E-state index contributed by atoms with van der Waals surface area (Å²) >= 11 is 6.00. The first-order valence-corrected chi connectivity index (χ1v) is 10.4. The first-order chi connectivity index (χ1) is 16.2. The van der Waals surface area contributed by atoms with E-state index in [4.69, 9.17) is 17.3 Å². The number of likely N-dealkylation sites (N-methyl/N-ethyl adjacent to an activating group) is 1. The van der Waals surface area contributed by atoms with Crippen molar-refractivity contribution in [1.29, 1.82) is 0 Å². The molecule has 0 radical (unpaired) electrons. The summed E-state index contributed by atoms with van der Waals surface area (Å²) in [7, 11) is 1.34. The van der Waals surface area contributed by atoms with Gasteiger partial charge in [-0.15, -0.1) is 0 Å². The van der Waals surface area contributed by atoms with Crippen molar-refractivity contribution in [2.45, 2.75) is 37.4 Å². The van der Waals surface area contributed by atoms with Crippen molar-refractivity contribution in [2.24, 2.45) is 0 Å². The fraction of sp³-hybridized carbons (Fsp3) is 0.350. The van der Waals surface area contributed by atoms with Crippen molar-refractivity contribution < 1.29 is 31.5 Å². The summed E-state index contributed by atoms with van der Waals surface area (Å²) in [5.41, 5.74) is 4.58. The van der Waals surface area contributed by atoms with Gasteiger partial charge in [0, 0.05) is 30.4 Å². The van der Waals surface area contributed by atoms with E-state index in [-0.39, 0.29) is 39.3 Å².